The standard InChI is InChI=1S/C21H25F3N6O/c22-21(23,24)16-6-4-12-29(16)18-9-8-15-19(27-18)30(14-5-3-11-28(15)13-14)20(31)26-17-7-1-2-10-25-17/h1-2,7-10,14,16,20,31H,3-6,11-13H2,(H,25,26)/t14-,16-,20?/m0/s1. The Kier molecular flexibility index (Phi) is 5.04. The van der Waals surface area contributed by atoms with Crippen LogP contribution in [-0.4, -0.2) is 59.3 Å². The third kappa shape index (κ3) is 3.73. The smallest absolute Gasteiger partial charge is 0.366 e. The van der Waals surface area contributed by atoms with E-state index in [2.05, 4.69) is 20.2 Å². The number of halogens is 3. The monoisotopic (exact) mass is 434 g/mol. The Morgan fingerprint density at radius 3 is 2.71 bits per heavy atom. The molecule has 2 fully saturated rings. The zero-order chi connectivity index (χ0) is 21.6. The number of aliphatic hydroxyl groups excluding tert-OH is 1. The summed E-state index contributed by atoms with van der Waals surface area (Å²) in [5.41, 5.74) is 0.837. The van der Waals surface area contributed by atoms with Crippen LogP contribution < -0.4 is 20.0 Å². The maximum Gasteiger partial charge on any atom is 0.408 e. The van der Waals surface area contributed by atoms with Crippen molar-refractivity contribution in [2.45, 2.75) is 50.3 Å². The fourth-order valence-electron chi connectivity index (χ4n) is 4.95. The van der Waals surface area contributed by atoms with E-state index in [1.54, 1.807) is 29.3 Å². The number of fused-ring (bicyclic) bond motifs is 4. The minimum Gasteiger partial charge on any atom is -0.366 e. The van der Waals surface area contributed by atoms with Crippen LogP contribution >= 0.6 is 0 Å². The summed E-state index contributed by atoms with van der Waals surface area (Å²) < 4.78 is 40.6. The minimum atomic E-state index is -4.30. The van der Waals surface area contributed by atoms with E-state index in [1.165, 1.54) is 4.90 Å². The number of anilines is 4. The van der Waals surface area contributed by atoms with Crippen molar-refractivity contribution in [3.05, 3.63) is 36.5 Å². The Balaban J connectivity index is 1.50. The molecule has 2 aromatic heterocycles. The highest BCUT2D eigenvalue weighted by Gasteiger charge is 2.47. The van der Waals surface area contributed by atoms with E-state index < -0.39 is 18.6 Å². The lowest BCUT2D eigenvalue weighted by Gasteiger charge is -2.48. The van der Waals surface area contributed by atoms with Gasteiger partial charge in [0.05, 0.1) is 11.7 Å². The molecule has 0 aliphatic carbocycles. The maximum absolute atomic E-state index is 13.5. The lowest BCUT2D eigenvalue weighted by Crippen LogP contribution is -2.58. The second-order valence-corrected chi connectivity index (χ2v) is 8.29. The number of alkyl halides is 3. The predicted octanol–water partition coefficient (Wildman–Crippen LogP) is 3.18. The largest absolute Gasteiger partial charge is 0.408 e. The number of aromatic nitrogens is 2. The molecule has 31 heavy (non-hydrogen) atoms. The summed E-state index contributed by atoms with van der Waals surface area (Å²) in [6, 6.07) is 7.35. The number of hydrogen-bond donors (Lipinski definition) is 2. The van der Waals surface area contributed by atoms with Crippen LogP contribution in [0.1, 0.15) is 25.7 Å². The first kappa shape index (κ1) is 20.2. The van der Waals surface area contributed by atoms with Gasteiger partial charge in [-0.2, -0.15) is 13.2 Å². The topological polar surface area (TPSA) is 67.8 Å². The number of nitrogens with one attached hydrogen (secondary N) is 1. The SMILES string of the molecule is OC(Nc1ccccn1)N1c2nc(N3CCC[C@H]3C(F)(F)F)ccc2N2CCC[C@H]1C2. The van der Waals surface area contributed by atoms with E-state index >= 15 is 0 Å². The number of nitrogens with zero attached hydrogens (tertiary/aromatic N) is 5. The molecular formula is C21H25F3N6O. The van der Waals surface area contributed by atoms with Gasteiger partial charge in [0, 0.05) is 25.8 Å². The van der Waals surface area contributed by atoms with Crippen molar-refractivity contribution in [2.75, 3.05) is 39.7 Å². The fourth-order valence-corrected chi connectivity index (χ4v) is 4.95. The average Bonchev–Trinajstić information content (AvgIpc) is 3.25. The van der Waals surface area contributed by atoms with Gasteiger partial charge in [0.15, 0.2) is 5.82 Å². The third-order valence-electron chi connectivity index (χ3n) is 6.35. The second kappa shape index (κ2) is 7.74. The zero-order valence-electron chi connectivity index (χ0n) is 17.0. The summed E-state index contributed by atoms with van der Waals surface area (Å²) in [5, 5.41) is 14.0. The Labute approximate surface area is 178 Å². The predicted molar refractivity (Wildman–Crippen MR) is 112 cm³/mol. The van der Waals surface area contributed by atoms with Gasteiger partial charge in [0.1, 0.15) is 17.7 Å². The van der Waals surface area contributed by atoms with Crippen molar-refractivity contribution in [3.63, 3.8) is 0 Å². The Bertz CT molecular complexity index is 927. The van der Waals surface area contributed by atoms with Gasteiger partial charge in [0.2, 0.25) is 6.35 Å². The van der Waals surface area contributed by atoms with E-state index in [9.17, 15) is 18.3 Å². The summed E-state index contributed by atoms with van der Waals surface area (Å²) in [6.07, 6.45) is -1.37. The number of aliphatic hydroxyl groups is 1. The van der Waals surface area contributed by atoms with Crippen molar-refractivity contribution in [1.29, 1.82) is 0 Å². The van der Waals surface area contributed by atoms with Gasteiger partial charge in [-0.1, -0.05) is 6.07 Å². The summed E-state index contributed by atoms with van der Waals surface area (Å²) >= 11 is 0. The highest BCUT2D eigenvalue weighted by Crippen LogP contribution is 2.42. The molecule has 2 N–H and O–H groups in total. The van der Waals surface area contributed by atoms with Crippen LogP contribution in [0.25, 0.3) is 0 Å². The first-order valence-electron chi connectivity index (χ1n) is 10.6. The normalized spacial score (nSPS) is 24.2. The zero-order valence-corrected chi connectivity index (χ0v) is 17.0. The second-order valence-electron chi connectivity index (χ2n) is 8.29. The Morgan fingerprint density at radius 1 is 1.10 bits per heavy atom. The van der Waals surface area contributed by atoms with Crippen LogP contribution in [0.4, 0.5) is 36.3 Å². The maximum atomic E-state index is 13.5. The molecule has 0 amide bonds. The number of pyridine rings is 2. The van der Waals surface area contributed by atoms with Crippen molar-refractivity contribution >= 4 is 23.1 Å². The molecule has 2 bridgehead atoms. The third-order valence-corrected chi connectivity index (χ3v) is 6.35. The molecule has 166 valence electrons. The Hall–Kier alpha value is -2.75. The van der Waals surface area contributed by atoms with Crippen LogP contribution in [0.5, 0.6) is 0 Å². The van der Waals surface area contributed by atoms with E-state index in [0.29, 0.717) is 30.4 Å². The first-order chi connectivity index (χ1) is 14.9. The lowest BCUT2D eigenvalue weighted by molar-refractivity contribution is -0.146. The molecule has 10 heteroatoms. The summed E-state index contributed by atoms with van der Waals surface area (Å²) in [4.78, 5) is 14.2. The van der Waals surface area contributed by atoms with Crippen LogP contribution in [-0.2, 0) is 0 Å². The molecule has 3 atom stereocenters. The molecule has 2 aromatic rings. The molecule has 5 heterocycles. The van der Waals surface area contributed by atoms with Gasteiger partial charge in [-0.3, -0.25) is 0 Å². The number of rotatable bonds is 4. The van der Waals surface area contributed by atoms with Gasteiger partial charge in [0.25, 0.3) is 0 Å². The van der Waals surface area contributed by atoms with Gasteiger partial charge in [-0.05, 0) is 49.9 Å². The summed E-state index contributed by atoms with van der Waals surface area (Å²) in [7, 11) is 0. The highest BCUT2D eigenvalue weighted by molar-refractivity contribution is 5.74. The molecule has 0 radical (unpaired) electrons. The van der Waals surface area contributed by atoms with Crippen LogP contribution in [0.15, 0.2) is 36.5 Å². The molecular weight excluding hydrogens is 409 g/mol. The van der Waals surface area contributed by atoms with Crippen molar-refractivity contribution < 1.29 is 18.3 Å². The number of hydrogen-bond acceptors (Lipinski definition) is 7. The molecule has 0 saturated carbocycles. The van der Waals surface area contributed by atoms with Gasteiger partial charge in [-0.15, -0.1) is 0 Å². The summed E-state index contributed by atoms with van der Waals surface area (Å²) in [6.45, 7) is 1.93. The molecule has 0 aromatic carbocycles. The van der Waals surface area contributed by atoms with Crippen LogP contribution in [0.2, 0.25) is 0 Å². The van der Waals surface area contributed by atoms with E-state index in [0.717, 1.165) is 31.6 Å². The molecule has 5 rings (SSSR count). The molecule has 0 spiro atoms. The fraction of sp³-hybridized carbons (Fsp3) is 0.524. The van der Waals surface area contributed by atoms with Crippen molar-refractivity contribution in [1.82, 2.24) is 9.97 Å². The summed E-state index contributed by atoms with van der Waals surface area (Å²) in [5.74, 6) is 1.33. The molecule has 7 nitrogen and oxygen atoms in total. The van der Waals surface area contributed by atoms with E-state index in [4.69, 9.17) is 0 Å². The first-order valence-corrected chi connectivity index (χ1v) is 10.6. The van der Waals surface area contributed by atoms with Gasteiger partial charge in [-0.25, -0.2) is 9.97 Å². The lowest BCUT2D eigenvalue weighted by atomic mass is 10.00. The molecule has 2 saturated heterocycles. The van der Waals surface area contributed by atoms with Crippen LogP contribution in [0.3, 0.4) is 0 Å². The molecule has 3 aliphatic rings. The quantitative estimate of drug-likeness (QED) is 0.717. The van der Waals surface area contributed by atoms with E-state index in [1.807, 2.05) is 12.1 Å². The van der Waals surface area contributed by atoms with E-state index in [-0.39, 0.29) is 12.5 Å². The van der Waals surface area contributed by atoms with Crippen LogP contribution in [0, 0.1) is 0 Å². The number of piperidine rings is 1. The molecule has 1 unspecified atom stereocenters. The minimum absolute atomic E-state index is 0.00667. The molecule has 3 aliphatic heterocycles. The van der Waals surface area contributed by atoms with Gasteiger partial charge < -0.3 is 25.1 Å². The van der Waals surface area contributed by atoms with Crippen molar-refractivity contribution in [2.24, 2.45) is 0 Å². The van der Waals surface area contributed by atoms with Crippen molar-refractivity contribution in [3.8, 4) is 0 Å². The van der Waals surface area contributed by atoms with Gasteiger partial charge >= 0.3 is 6.18 Å². The average molecular weight is 434 g/mol. The highest BCUT2D eigenvalue weighted by atomic mass is 19.4. The Morgan fingerprint density at radius 2 is 1.94 bits per heavy atom.